The molecule has 0 spiro atoms. The fourth-order valence-corrected chi connectivity index (χ4v) is 1.51. The SMILES string of the molecule is CCOC(=O)c1cc(F)cc(-c2ccco2)c1. The van der Waals surface area contributed by atoms with Gasteiger partial charge in [-0.15, -0.1) is 0 Å². The maximum atomic E-state index is 13.4. The zero-order valence-electron chi connectivity index (χ0n) is 9.27. The number of ether oxygens (including phenoxy) is 1. The molecule has 0 saturated heterocycles. The maximum absolute atomic E-state index is 13.4. The van der Waals surface area contributed by atoms with Gasteiger partial charge in [0.05, 0.1) is 18.4 Å². The number of hydrogen-bond donors (Lipinski definition) is 0. The summed E-state index contributed by atoms with van der Waals surface area (Å²) in [6.07, 6.45) is 1.49. The number of carbonyl (C=O) groups excluding carboxylic acids is 1. The smallest absolute Gasteiger partial charge is 0.338 e. The van der Waals surface area contributed by atoms with Crippen LogP contribution >= 0.6 is 0 Å². The van der Waals surface area contributed by atoms with Crippen molar-refractivity contribution in [2.75, 3.05) is 6.61 Å². The van der Waals surface area contributed by atoms with Crippen LogP contribution < -0.4 is 0 Å². The van der Waals surface area contributed by atoms with Crippen molar-refractivity contribution in [1.82, 2.24) is 0 Å². The molecule has 4 heteroatoms. The molecule has 3 nitrogen and oxygen atoms in total. The summed E-state index contributed by atoms with van der Waals surface area (Å²) in [6, 6.07) is 7.39. The van der Waals surface area contributed by atoms with Gasteiger partial charge >= 0.3 is 5.97 Å². The predicted molar refractivity (Wildman–Crippen MR) is 60.1 cm³/mol. The summed E-state index contributed by atoms with van der Waals surface area (Å²) in [4.78, 5) is 11.5. The molecular formula is C13H11FO3. The number of benzene rings is 1. The van der Waals surface area contributed by atoms with Crippen molar-refractivity contribution >= 4 is 5.97 Å². The van der Waals surface area contributed by atoms with E-state index < -0.39 is 11.8 Å². The minimum absolute atomic E-state index is 0.179. The molecule has 0 amide bonds. The van der Waals surface area contributed by atoms with Crippen LogP contribution in [0.5, 0.6) is 0 Å². The van der Waals surface area contributed by atoms with E-state index in [4.69, 9.17) is 9.15 Å². The van der Waals surface area contributed by atoms with Crippen LogP contribution in [0, 0.1) is 5.82 Å². The number of esters is 1. The van der Waals surface area contributed by atoms with Crippen LogP contribution in [0.2, 0.25) is 0 Å². The molecule has 1 aromatic carbocycles. The van der Waals surface area contributed by atoms with Crippen LogP contribution in [-0.2, 0) is 4.74 Å². The van der Waals surface area contributed by atoms with Gasteiger partial charge in [-0.1, -0.05) is 0 Å². The van der Waals surface area contributed by atoms with E-state index in [2.05, 4.69) is 0 Å². The van der Waals surface area contributed by atoms with Crippen LogP contribution in [0.3, 0.4) is 0 Å². The summed E-state index contributed by atoms with van der Waals surface area (Å²) in [5.41, 5.74) is 0.691. The zero-order chi connectivity index (χ0) is 12.3. The van der Waals surface area contributed by atoms with E-state index in [-0.39, 0.29) is 12.2 Å². The number of rotatable bonds is 3. The van der Waals surface area contributed by atoms with Gasteiger partial charge in [-0.3, -0.25) is 0 Å². The molecule has 0 unspecified atom stereocenters. The van der Waals surface area contributed by atoms with Crippen molar-refractivity contribution in [3.05, 3.63) is 48.0 Å². The van der Waals surface area contributed by atoms with Crippen molar-refractivity contribution in [1.29, 1.82) is 0 Å². The van der Waals surface area contributed by atoms with Crippen molar-refractivity contribution in [2.45, 2.75) is 6.92 Å². The quantitative estimate of drug-likeness (QED) is 0.765. The van der Waals surface area contributed by atoms with Crippen LogP contribution in [-0.4, -0.2) is 12.6 Å². The molecule has 0 bridgehead atoms. The van der Waals surface area contributed by atoms with Crippen molar-refractivity contribution in [2.24, 2.45) is 0 Å². The molecule has 0 aliphatic carbocycles. The van der Waals surface area contributed by atoms with Gasteiger partial charge in [0, 0.05) is 5.56 Å². The Morgan fingerprint density at radius 1 is 1.41 bits per heavy atom. The van der Waals surface area contributed by atoms with Gasteiger partial charge in [0.15, 0.2) is 0 Å². The summed E-state index contributed by atoms with van der Waals surface area (Å²) in [5, 5.41) is 0. The van der Waals surface area contributed by atoms with Crippen molar-refractivity contribution in [3.8, 4) is 11.3 Å². The Balaban J connectivity index is 2.39. The Morgan fingerprint density at radius 3 is 2.88 bits per heavy atom. The summed E-state index contributed by atoms with van der Waals surface area (Å²) in [7, 11) is 0. The first kappa shape index (κ1) is 11.4. The van der Waals surface area contributed by atoms with Crippen LogP contribution in [0.25, 0.3) is 11.3 Å². The number of hydrogen-bond acceptors (Lipinski definition) is 3. The molecule has 17 heavy (non-hydrogen) atoms. The van der Waals surface area contributed by atoms with E-state index in [0.29, 0.717) is 11.3 Å². The van der Waals surface area contributed by atoms with E-state index >= 15 is 0 Å². The fraction of sp³-hybridized carbons (Fsp3) is 0.154. The normalized spacial score (nSPS) is 10.2. The monoisotopic (exact) mass is 234 g/mol. The van der Waals surface area contributed by atoms with Crippen LogP contribution in [0.1, 0.15) is 17.3 Å². The molecular weight excluding hydrogens is 223 g/mol. The lowest BCUT2D eigenvalue weighted by Gasteiger charge is -2.04. The van der Waals surface area contributed by atoms with Gasteiger partial charge in [-0.05, 0) is 37.3 Å². The Kier molecular flexibility index (Phi) is 3.23. The number of furan rings is 1. The van der Waals surface area contributed by atoms with Gasteiger partial charge < -0.3 is 9.15 Å². The highest BCUT2D eigenvalue weighted by Crippen LogP contribution is 2.22. The minimum Gasteiger partial charge on any atom is -0.464 e. The van der Waals surface area contributed by atoms with Gasteiger partial charge in [-0.25, -0.2) is 9.18 Å². The molecule has 2 aromatic rings. The Morgan fingerprint density at radius 2 is 2.24 bits per heavy atom. The van der Waals surface area contributed by atoms with E-state index in [0.717, 1.165) is 6.07 Å². The molecule has 1 heterocycles. The molecule has 2 rings (SSSR count). The van der Waals surface area contributed by atoms with Crippen LogP contribution in [0.15, 0.2) is 41.0 Å². The highest BCUT2D eigenvalue weighted by atomic mass is 19.1. The average molecular weight is 234 g/mol. The van der Waals surface area contributed by atoms with E-state index in [1.54, 1.807) is 25.1 Å². The van der Waals surface area contributed by atoms with Crippen LogP contribution in [0.4, 0.5) is 4.39 Å². The predicted octanol–water partition coefficient (Wildman–Crippen LogP) is 3.26. The largest absolute Gasteiger partial charge is 0.464 e. The molecule has 1 aromatic heterocycles. The summed E-state index contributed by atoms with van der Waals surface area (Å²) < 4.78 is 23.3. The van der Waals surface area contributed by atoms with E-state index in [1.807, 2.05) is 0 Å². The Bertz CT molecular complexity index is 517. The summed E-state index contributed by atoms with van der Waals surface area (Å²) in [6.45, 7) is 1.95. The summed E-state index contributed by atoms with van der Waals surface area (Å²) in [5.74, 6) is -0.531. The molecule has 0 radical (unpaired) electrons. The molecule has 0 aliphatic heterocycles. The lowest BCUT2D eigenvalue weighted by atomic mass is 10.1. The standard InChI is InChI=1S/C13H11FO3/c1-2-16-13(15)10-6-9(7-11(14)8-10)12-4-3-5-17-12/h3-8H,2H2,1H3. The lowest BCUT2D eigenvalue weighted by Crippen LogP contribution is -2.05. The third-order valence-electron chi connectivity index (χ3n) is 2.21. The van der Waals surface area contributed by atoms with E-state index in [9.17, 15) is 9.18 Å². The second kappa shape index (κ2) is 4.82. The molecule has 88 valence electrons. The van der Waals surface area contributed by atoms with Gasteiger partial charge in [-0.2, -0.15) is 0 Å². The van der Waals surface area contributed by atoms with Gasteiger partial charge in [0.1, 0.15) is 11.6 Å². The average Bonchev–Trinajstić information content (AvgIpc) is 2.82. The third-order valence-corrected chi connectivity index (χ3v) is 2.21. The first-order valence-corrected chi connectivity index (χ1v) is 5.22. The second-order valence-electron chi connectivity index (χ2n) is 3.43. The lowest BCUT2D eigenvalue weighted by molar-refractivity contribution is 0.0526. The highest BCUT2D eigenvalue weighted by molar-refractivity contribution is 5.90. The Labute approximate surface area is 97.8 Å². The highest BCUT2D eigenvalue weighted by Gasteiger charge is 2.11. The van der Waals surface area contributed by atoms with E-state index in [1.165, 1.54) is 12.3 Å². The number of carbonyl (C=O) groups is 1. The molecule has 0 atom stereocenters. The summed E-state index contributed by atoms with van der Waals surface area (Å²) >= 11 is 0. The fourth-order valence-electron chi connectivity index (χ4n) is 1.51. The van der Waals surface area contributed by atoms with Crippen molar-refractivity contribution < 1.29 is 18.3 Å². The first-order valence-electron chi connectivity index (χ1n) is 5.22. The Hall–Kier alpha value is -2.10. The topological polar surface area (TPSA) is 39.4 Å². The maximum Gasteiger partial charge on any atom is 0.338 e. The van der Waals surface area contributed by atoms with Gasteiger partial charge in [0.25, 0.3) is 0 Å². The minimum atomic E-state index is -0.542. The molecule has 0 fully saturated rings. The molecule has 0 N–H and O–H groups in total. The van der Waals surface area contributed by atoms with Crippen molar-refractivity contribution in [3.63, 3.8) is 0 Å². The zero-order valence-corrected chi connectivity index (χ0v) is 9.27. The molecule has 0 saturated carbocycles. The molecule has 0 aliphatic rings. The first-order chi connectivity index (χ1) is 8.20. The van der Waals surface area contributed by atoms with Gasteiger partial charge in [0.2, 0.25) is 0 Å². The number of halogens is 1. The second-order valence-corrected chi connectivity index (χ2v) is 3.43. The third kappa shape index (κ3) is 2.53.